The van der Waals surface area contributed by atoms with Crippen LogP contribution in [0.2, 0.25) is 0 Å². The number of carbonyl (C=O) groups excluding carboxylic acids is 1. The quantitative estimate of drug-likeness (QED) is 0.934. The molecule has 1 N–H and O–H groups in total. The minimum absolute atomic E-state index is 0.123. The van der Waals surface area contributed by atoms with Crippen molar-refractivity contribution in [3.63, 3.8) is 0 Å². The van der Waals surface area contributed by atoms with E-state index in [1.165, 1.54) is 16.9 Å². The SMILES string of the molecule is CCNc1nc(C)c(C(=O)N2CCC(c3ccncc3)CC2)s1. The zero-order valence-corrected chi connectivity index (χ0v) is 14.4. The molecule has 0 radical (unpaired) electrons. The molecule has 23 heavy (non-hydrogen) atoms. The lowest BCUT2D eigenvalue weighted by Gasteiger charge is -2.32. The number of amides is 1. The second-order valence-corrected chi connectivity index (χ2v) is 6.81. The maximum absolute atomic E-state index is 12.7. The van der Waals surface area contributed by atoms with E-state index in [4.69, 9.17) is 0 Å². The molecular formula is C17H22N4OS. The van der Waals surface area contributed by atoms with E-state index in [2.05, 4.69) is 27.4 Å². The van der Waals surface area contributed by atoms with Crippen molar-refractivity contribution in [2.75, 3.05) is 25.0 Å². The molecule has 0 saturated carbocycles. The zero-order valence-electron chi connectivity index (χ0n) is 13.6. The van der Waals surface area contributed by atoms with E-state index in [0.29, 0.717) is 5.92 Å². The van der Waals surface area contributed by atoms with Gasteiger partial charge in [-0.05, 0) is 50.3 Å². The normalized spacial score (nSPS) is 15.7. The predicted molar refractivity (Wildman–Crippen MR) is 93.1 cm³/mol. The number of piperidine rings is 1. The number of hydrogen-bond acceptors (Lipinski definition) is 5. The number of rotatable bonds is 4. The fourth-order valence-corrected chi connectivity index (χ4v) is 4.02. The molecule has 0 aliphatic carbocycles. The van der Waals surface area contributed by atoms with Gasteiger partial charge in [-0.3, -0.25) is 9.78 Å². The van der Waals surface area contributed by atoms with Crippen LogP contribution in [-0.4, -0.2) is 40.4 Å². The molecule has 1 aliphatic heterocycles. The minimum Gasteiger partial charge on any atom is -0.362 e. The fourth-order valence-electron chi connectivity index (χ4n) is 3.02. The van der Waals surface area contributed by atoms with Crippen LogP contribution in [0.3, 0.4) is 0 Å². The van der Waals surface area contributed by atoms with Gasteiger partial charge in [0.1, 0.15) is 4.88 Å². The van der Waals surface area contributed by atoms with Crippen molar-refractivity contribution >= 4 is 22.4 Å². The Labute approximate surface area is 140 Å². The summed E-state index contributed by atoms with van der Waals surface area (Å²) in [7, 11) is 0. The van der Waals surface area contributed by atoms with Gasteiger partial charge >= 0.3 is 0 Å². The zero-order chi connectivity index (χ0) is 16.2. The van der Waals surface area contributed by atoms with Crippen LogP contribution in [0.5, 0.6) is 0 Å². The molecule has 2 aromatic heterocycles. The van der Waals surface area contributed by atoms with Gasteiger partial charge in [-0.2, -0.15) is 0 Å². The number of aryl methyl sites for hydroxylation is 1. The average molecular weight is 330 g/mol. The van der Waals surface area contributed by atoms with Crippen LogP contribution in [0.25, 0.3) is 0 Å². The van der Waals surface area contributed by atoms with Gasteiger partial charge in [0, 0.05) is 32.0 Å². The van der Waals surface area contributed by atoms with Crippen molar-refractivity contribution in [2.24, 2.45) is 0 Å². The first-order valence-electron chi connectivity index (χ1n) is 8.09. The number of likely N-dealkylation sites (tertiary alicyclic amines) is 1. The van der Waals surface area contributed by atoms with Gasteiger partial charge in [-0.25, -0.2) is 4.98 Å². The highest BCUT2D eigenvalue weighted by Crippen LogP contribution is 2.30. The van der Waals surface area contributed by atoms with Gasteiger partial charge in [0.05, 0.1) is 5.69 Å². The number of aromatic nitrogens is 2. The monoisotopic (exact) mass is 330 g/mol. The number of pyridine rings is 1. The first-order valence-corrected chi connectivity index (χ1v) is 8.91. The highest BCUT2D eigenvalue weighted by atomic mass is 32.1. The molecule has 1 aliphatic rings. The van der Waals surface area contributed by atoms with Crippen molar-refractivity contribution in [3.8, 4) is 0 Å². The van der Waals surface area contributed by atoms with Gasteiger partial charge in [0.2, 0.25) is 0 Å². The lowest BCUT2D eigenvalue weighted by atomic mass is 9.90. The summed E-state index contributed by atoms with van der Waals surface area (Å²) in [5, 5.41) is 4.02. The van der Waals surface area contributed by atoms with Gasteiger partial charge in [0.15, 0.2) is 5.13 Å². The molecule has 1 saturated heterocycles. The molecular weight excluding hydrogens is 308 g/mol. The van der Waals surface area contributed by atoms with E-state index in [1.807, 2.05) is 31.1 Å². The van der Waals surface area contributed by atoms with Gasteiger partial charge < -0.3 is 10.2 Å². The maximum Gasteiger partial charge on any atom is 0.265 e. The standard InChI is InChI=1S/C17H22N4OS/c1-3-19-17-20-12(2)15(23-17)16(22)21-10-6-14(7-11-21)13-4-8-18-9-5-13/h4-5,8-9,14H,3,6-7,10-11H2,1-2H3,(H,19,20). The summed E-state index contributed by atoms with van der Waals surface area (Å²) in [6.45, 7) is 6.37. The molecule has 0 bridgehead atoms. The lowest BCUT2D eigenvalue weighted by molar-refractivity contribution is 0.0717. The molecule has 1 fully saturated rings. The second-order valence-electron chi connectivity index (χ2n) is 5.81. The van der Waals surface area contributed by atoms with Gasteiger partial charge in [-0.1, -0.05) is 11.3 Å². The molecule has 1 amide bonds. The second kappa shape index (κ2) is 7.08. The molecule has 0 atom stereocenters. The van der Waals surface area contributed by atoms with E-state index < -0.39 is 0 Å². The lowest BCUT2D eigenvalue weighted by Crippen LogP contribution is -2.37. The topological polar surface area (TPSA) is 58.1 Å². The van der Waals surface area contributed by atoms with Crippen LogP contribution in [-0.2, 0) is 0 Å². The molecule has 5 nitrogen and oxygen atoms in total. The fraction of sp³-hybridized carbons (Fsp3) is 0.471. The largest absolute Gasteiger partial charge is 0.362 e. The van der Waals surface area contributed by atoms with Crippen LogP contribution in [0.15, 0.2) is 24.5 Å². The van der Waals surface area contributed by atoms with Crippen molar-refractivity contribution in [2.45, 2.75) is 32.6 Å². The molecule has 0 aromatic carbocycles. The number of nitrogens with zero attached hydrogens (tertiary/aromatic N) is 3. The Morgan fingerprint density at radius 1 is 1.35 bits per heavy atom. The molecule has 0 unspecified atom stereocenters. The van der Waals surface area contributed by atoms with E-state index in [1.54, 1.807) is 0 Å². The minimum atomic E-state index is 0.123. The molecule has 3 rings (SSSR count). The highest BCUT2D eigenvalue weighted by molar-refractivity contribution is 7.17. The average Bonchev–Trinajstić information content (AvgIpc) is 2.96. The van der Waals surface area contributed by atoms with Crippen LogP contribution < -0.4 is 5.32 Å². The Bertz CT molecular complexity index is 662. The van der Waals surface area contributed by atoms with E-state index in [-0.39, 0.29) is 5.91 Å². The Morgan fingerprint density at radius 2 is 2.04 bits per heavy atom. The van der Waals surface area contributed by atoms with Crippen LogP contribution in [0.4, 0.5) is 5.13 Å². The van der Waals surface area contributed by atoms with Crippen molar-refractivity contribution in [3.05, 3.63) is 40.7 Å². The Morgan fingerprint density at radius 3 is 2.70 bits per heavy atom. The van der Waals surface area contributed by atoms with Gasteiger partial charge in [-0.15, -0.1) is 0 Å². The smallest absolute Gasteiger partial charge is 0.265 e. The number of thiazole rings is 1. The summed E-state index contributed by atoms with van der Waals surface area (Å²) in [4.78, 5) is 24.0. The molecule has 0 spiro atoms. The van der Waals surface area contributed by atoms with E-state index in [0.717, 1.165) is 48.2 Å². The third-order valence-corrected chi connectivity index (χ3v) is 5.38. The predicted octanol–water partition coefficient (Wildman–Crippen LogP) is 3.30. The van der Waals surface area contributed by atoms with Crippen LogP contribution >= 0.6 is 11.3 Å². The number of hydrogen-bond donors (Lipinski definition) is 1. The Kier molecular flexibility index (Phi) is 4.91. The number of nitrogens with one attached hydrogen (secondary N) is 1. The van der Waals surface area contributed by atoms with E-state index in [9.17, 15) is 4.79 Å². The third kappa shape index (κ3) is 3.52. The van der Waals surface area contributed by atoms with Crippen molar-refractivity contribution in [1.82, 2.24) is 14.9 Å². The summed E-state index contributed by atoms with van der Waals surface area (Å²) >= 11 is 1.46. The summed E-state index contributed by atoms with van der Waals surface area (Å²) < 4.78 is 0. The van der Waals surface area contributed by atoms with E-state index >= 15 is 0 Å². The van der Waals surface area contributed by atoms with Gasteiger partial charge in [0.25, 0.3) is 5.91 Å². The highest BCUT2D eigenvalue weighted by Gasteiger charge is 2.27. The molecule has 3 heterocycles. The summed E-state index contributed by atoms with van der Waals surface area (Å²) in [5.74, 6) is 0.652. The van der Waals surface area contributed by atoms with Crippen LogP contribution in [0, 0.1) is 6.92 Å². The molecule has 122 valence electrons. The summed E-state index contributed by atoms with van der Waals surface area (Å²) in [6, 6.07) is 4.16. The number of anilines is 1. The first kappa shape index (κ1) is 15.9. The Hall–Kier alpha value is -1.95. The maximum atomic E-state index is 12.7. The Balaban J connectivity index is 1.64. The van der Waals surface area contributed by atoms with Crippen LogP contribution in [0.1, 0.15) is 46.6 Å². The summed E-state index contributed by atoms with van der Waals surface area (Å²) in [6.07, 6.45) is 5.70. The molecule has 6 heteroatoms. The third-order valence-electron chi connectivity index (χ3n) is 4.28. The number of carbonyl (C=O) groups is 1. The van der Waals surface area contributed by atoms with Crippen molar-refractivity contribution < 1.29 is 4.79 Å². The summed E-state index contributed by atoms with van der Waals surface area (Å²) in [5.41, 5.74) is 2.16. The first-order chi connectivity index (χ1) is 11.2. The van der Waals surface area contributed by atoms with Crippen molar-refractivity contribution in [1.29, 1.82) is 0 Å². The molecule has 2 aromatic rings.